The van der Waals surface area contributed by atoms with Crippen LogP contribution in [0.4, 0.5) is 0 Å². The Morgan fingerprint density at radius 1 is 0.808 bits per heavy atom. The molecule has 0 saturated carbocycles. The van der Waals surface area contributed by atoms with Crippen LogP contribution in [0.2, 0.25) is 0 Å². The van der Waals surface area contributed by atoms with Gasteiger partial charge in [0, 0.05) is 29.7 Å². The number of aliphatic hydroxyl groups is 3. The summed E-state index contributed by atoms with van der Waals surface area (Å²) >= 11 is 0. The van der Waals surface area contributed by atoms with Crippen molar-refractivity contribution in [1.29, 1.82) is 0 Å². The second-order valence-electron chi connectivity index (χ2n) is 5.70. The van der Waals surface area contributed by atoms with Crippen LogP contribution in [0.5, 0.6) is 0 Å². The molecule has 9 nitrogen and oxygen atoms in total. The van der Waals surface area contributed by atoms with Crippen LogP contribution in [-0.4, -0.2) is 51.6 Å². The lowest BCUT2D eigenvalue weighted by Crippen LogP contribution is -2.62. The van der Waals surface area contributed by atoms with Crippen molar-refractivity contribution in [3.8, 4) is 0 Å². The van der Waals surface area contributed by atoms with E-state index in [1.165, 1.54) is 20.8 Å². The van der Waals surface area contributed by atoms with Crippen LogP contribution < -0.4 is 0 Å². The first kappa shape index (κ1) is 23.5. The van der Waals surface area contributed by atoms with Gasteiger partial charge in [-0.15, -0.1) is 0 Å². The minimum atomic E-state index is -3.43. The molecule has 0 heterocycles. The minimum Gasteiger partial charge on any atom is -0.418 e. The first-order chi connectivity index (χ1) is 11.8. The number of esters is 3. The predicted octanol–water partition coefficient (Wildman–Crippen LogP) is 0.452. The van der Waals surface area contributed by atoms with E-state index in [9.17, 15) is 24.6 Å². The molecule has 0 aliphatic heterocycles. The summed E-state index contributed by atoms with van der Waals surface area (Å²) in [6.45, 7) is 13.2. The van der Waals surface area contributed by atoms with Crippen LogP contribution in [0.1, 0.15) is 33.6 Å². The highest BCUT2D eigenvalue weighted by molar-refractivity contribution is 5.89. The Bertz CT molecular complexity index is 592. The largest absolute Gasteiger partial charge is 0.443 e. The van der Waals surface area contributed by atoms with Gasteiger partial charge in [0.05, 0.1) is 0 Å². The zero-order valence-electron chi connectivity index (χ0n) is 15.0. The highest BCUT2D eigenvalue weighted by atomic mass is 16.9. The predicted molar refractivity (Wildman–Crippen MR) is 88.9 cm³/mol. The fourth-order valence-corrected chi connectivity index (χ4v) is 1.44. The van der Waals surface area contributed by atoms with Crippen LogP contribution in [-0.2, 0) is 28.6 Å². The number of carbonyl (C=O) groups is 3. The maximum Gasteiger partial charge on any atom is 0.443 e. The molecule has 0 bridgehead atoms. The van der Waals surface area contributed by atoms with Gasteiger partial charge in [-0.25, -0.2) is 14.4 Å². The third-order valence-corrected chi connectivity index (χ3v) is 2.94. The Morgan fingerprint density at radius 3 is 1.46 bits per heavy atom. The fourth-order valence-electron chi connectivity index (χ4n) is 1.44. The zero-order valence-corrected chi connectivity index (χ0v) is 15.0. The number of aliphatic hydroxyl groups excluding tert-OH is 1. The number of hydrogen-bond donors (Lipinski definition) is 3. The van der Waals surface area contributed by atoms with Gasteiger partial charge < -0.3 is 29.5 Å². The lowest BCUT2D eigenvalue weighted by atomic mass is 10.1. The summed E-state index contributed by atoms with van der Waals surface area (Å²) in [7, 11) is 0. The molecule has 0 aliphatic rings. The Morgan fingerprint density at radius 2 is 1.15 bits per heavy atom. The zero-order chi connectivity index (χ0) is 20.7. The van der Waals surface area contributed by atoms with Gasteiger partial charge in [-0.05, 0) is 27.2 Å². The van der Waals surface area contributed by atoms with Gasteiger partial charge in [-0.1, -0.05) is 19.7 Å². The molecule has 3 N–H and O–H groups in total. The van der Waals surface area contributed by atoms with Crippen molar-refractivity contribution < 1.29 is 43.9 Å². The molecule has 1 atom stereocenters. The second kappa shape index (κ2) is 9.27. The van der Waals surface area contributed by atoms with Crippen molar-refractivity contribution in [3.05, 3.63) is 36.5 Å². The average Bonchev–Trinajstić information content (AvgIpc) is 2.52. The molecule has 0 aromatic heterocycles. The smallest absolute Gasteiger partial charge is 0.418 e. The van der Waals surface area contributed by atoms with Crippen LogP contribution in [0.3, 0.4) is 0 Å². The summed E-state index contributed by atoms with van der Waals surface area (Å²) in [6.07, 6.45) is -0.858. The molecule has 0 aromatic carbocycles. The van der Waals surface area contributed by atoms with Gasteiger partial charge in [0.15, 0.2) is 0 Å². The third-order valence-electron chi connectivity index (χ3n) is 2.94. The summed E-state index contributed by atoms with van der Waals surface area (Å²) in [5.41, 5.74) is -0.566. The van der Waals surface area contributed by atoms with E-state index in [4.69, 9.17) is 9.84 Å². The first-order valence-corrected chi connectivity index (χ1v) is 7.51. The van der Waals surface area contributed by atoms with Gasteiger partial charge >= 0.3 is 29.7 Å². The highest BCUT2D eigenvalue weighted by Gasteiger charge is 2.60. The van der Waals surface area contributed by atoms with Gasteiger partial charge in [0.1, 0.15) is 0 Å². The monoisotopic (exact) mass is 372 g/mol. The van der Waals surface area contributed by atoms with Crippen molar-refractivity contribution in [1.82, 2.24) is 0 Å². The van der Waals surface area contributed by atoms with Crippen LogP contribution in [0, 0.1) is 0 Å². The lowest BCUT2D eigenvalue weighted by molar-refractivity contribution is -0.442. The van der Waals surface area contributed by atoms with Crippen molar-refractivity contribution in [2.75, 3.05) is 6.61 Å². The SMILES string of the molecule is C=C(C)C(=O)OC(O)(CCCO)C(O)(OC(=O)C(=C)C)OC(=O)C(=C)C. The maximum absolute atomic E-state index is 11.8. The van der Waals surface area contributed by atoms with Crippen molar-refractivity contribution in [3.63, 3.8) is 0 Å². The van der Waals surface area contributed by atoms with Crippen molar-refractivity contribution in [2.24, 2.45) is 0 Å². The second-order valence-corrected chi connectivity index (χ2v) is 5.70. The lowest BCUT2D eigenvalue weighted by Gasteiger charge is -2.39. The quantitative estimate of drug-likeness (QED) is 0.283. The topological polar surface area (TPSA) is 140 Å². The van der Waals surface area contributed by atoms with Gasteiger partial charge in [-0.3, -0.25) is 0 Å². The Labute approximate surface area is 151 Å². The summed E-state index contributed by atoms with van der Waals surface area (Å²) < 4.78 is 14.1. The summed E-state index contributed by atoms with van der Waals surface area (Å²) in [4.78, 5) is 35.5. The molecule has 146 valence electrons. The van der Waals surface area contributed by atoms with Crippen LogP contribution in [0.15, 0.2) is 36.5 Å². The summed E-state index contributed by atoms with van der Waals surface area (Å²) in [5.74, 6) is -10.1. The molecule has 9 heteroatoms. The normalized spacial score (nSPS) is 13.2. The standard InChI is InChI=1S/C17H24O9/c1-10(2)13(19)24-16(22,8-7-9-18)17(23,25-14(20)11(3)4)26-15(21)12(5)6/h18,22-23H,1,3,5,7-9H2,2,4,6H3. The van der Waals surface area contributed by atoms with E-state index in [2.05, 4.69) is 29.2 Å². The minimum absolute atomic E-state index is 0.160. The molecule has 1 unspecified atom stereocenters. The molecule has 26 heavy (non-hydrogen) atoms. The molecular weight excluding hydrogens is 348 g/mol. The fraction of sp³-hybridized carbons (Fsp3) is 0.471. The van der Waals surface area contributed by atoms with E-state index in [-0.39, 0.29) is 23.1 Å². The Hall–Kier alpha value is -2.49. The van der Waals surface area contributed by atoms with Gasteiger partial charge in [0.2, 0.25) is 0 Å². The van der Waals surface area contributed by atoms with Crippen molar-refractivity contribution in [2.45, 2.75) is 45.4 Å². The van der Waals surface area contributed by atoms with Crippen LogP contribution in [0.25, 0.3) is 0 Å². The number of hydrogen-bond acceptors (Lipinski definition) is 9. The van der Waals surface area contributed by atoms with Gasteiger partial charge in [-0.2, -0.15) is 0 Å². The molecule has 0 aliphatic carbocycles. The molecule has 0 radical (unpaired) electrons. The molecular formula is C17H24O9. The number of ether oxygens (including phenoxy) is 3. The molecule has 0 aromatic rings. The van der Waals surface area contributed by atoms with E-state index in [0.29, 0.717) is 0 Å². The molecule has 0 amide bonds. The number of carbonyl (C=O) groups excluding carboxylic acids is 3. The maximum atomic E-state index is 11.8. The van der Waals surface area contributed by atoms with Gasteiger partial charge in [0.25, 0.3) is 0 Å². The van der Waals surface area contributed by atoms with E-state index >= 15 is 0 Å². The Balaban J connectivity index is 6.10. The highest BCUT2D eigenvalue weighted by Crippen LogP contribution is 2.33. The number of rotatable bonds is 10. The van der Waals surface area contributed by atoms with E-state index in [1.54, 1.807) is 0 Å². The van der Waals surface area contributed by atoms with E-state index < -0.39 is 42.7 Å². The Kier molecular flexibility index (Phi) is 8.39. The molecule has 0 rings (SSSR count). The molecule has 0 fully saturated rings. The molecule has 0 saturated heterocycles. The van der Waals surface area contributed by atoms with Crippen molar-refractivity contribution >= 4 is 17.9 Å². The third kappa shape index (κ3) is 6.10. The summed E-state index contributed by atoms with van der Waals surface area (Å²) in [5, 5.41) is 30.3. The van der Waals surface area contributed by atoms with E-state index in [1.807, 2.05) is 0 Å². The average molecular weight is 372 g/mol. The molecule has 0 spiro atoms. The summed E-state index contributed by atoms with van der Waals surface area (Å²) in [6, 6.07) is 0. The first-order valence-electron chi connectivity index (χ1n) is 7.51. The van der Waals surface area contributed by atoms with E-state index in [0.717, 1.165) is 0 Å². The van der Waals surface area contributed by atoms with Crippen LogP contribution >= 0.6 is 0 Å².